The van der Waals surface area contributed by atoms with Crippen LogP contribution in [0, 0.1) is 0 Å². The first-order valence-corrected chi connectivity index (χ1v) is 9.91. The maximum atomic E-state index is 12.5. The van der Waals surface area contributed by atoms with Crippen molar-refractivity contribution >= 4 is 17.7 Å². The lowest BCUT2D eigenvalue weighted by Gasteiger charge is -2.32. The van der Waals surface area contributed by atoms with Crippen LogP contribution in [0.4, 0.5) is 0 Å². The third-order valence-electron chi connectivity index (χ3n) is 4.19. The molecule has 3 rings (SSSR count). The van der Waals surface area contributed by atoms with Crippen LogP contribution in [0.5, 0.6) is 5.75 Å². The molecule has 1 saturated heterocycles. The van der Waals surface area contributed by atoms with Crippen LogP contribution in [0.3, 0.4) is 0 Å². The molecule has 0 unspecified atom stereocenters. The van der Waals surface area contributed by atoms with Gasteiger partial charge in [0.25, 0.3) is 5.91 Å². The minimum atomic E-state index is -0.284. The van der Waals surface area contributed by atoms with Crippen LogP contribution in [0.15, 0.2) is 40.8 Å². The van der Waals surface area contributed by atoms with E-state index in [-0.39, 0.29) is 24.7 Å². The molecule has 1 aromatic heterocycles. The predicted molar refractivity (Wildman–Crippen MR) is 99.4 cm³/mol. The summed E-state index contributed by atoms with van der Waals surface area (Å²) in [6.45, 7) is 0.972. The van der Waals surface area contributed by atoms with Crippen molar-refractivity contribution in [3.05, 3.63) is 53.5 Å². The van der Waals surface area contributed by atoms with E-state index < -0.39 is 0 Å². The van der Waals surface area contributed by atoms with Crippen LogP contribution in [0.2, 0.25) is 0 Å². The summed E-state index contributed by atoms with van der Waals surface area (Å²) in [5.41, 5.74) is 0.820. The topological polar surface area (TPSA) is 80.9 Å². The summed E-state index contributed by atoms with van der Waals surface area (Å²) < 4.78 is 17.1. The molecule has 26 heavy (non-hydrogen) atoms. The molecule has 0 saturated carbocycles. The molecule has 140 valence electrons. The Morgan fingerprint density at radius 1 is 1.31 bits per heavy atom. The summed E-state index contributed by atoms with van der Waals surface area (Å²) in [6, 6.07) is 10.6. The van der Waals surface area contributed by atoms with E-state index in [1.54, 1.807) is 30.0 Å². The Balaban J connectivity index is 1.62. The van der Waals surface area contributed by atoms with Gasteiger partial charge in [0.15, 0.2) is 5.76 Å². The van der Waals surface area contributed by atoms with Gasteiger partial charge in [-0.3, -0.25) is 4.79 Å². The number of benzene rings is 1. The van der Waals surface area contributed by atoms with E-state index in [1.807, 2.05) is 24.5 Å². The van der Waals surface area contributed by atoms with Gasteiger partial charge in [0, 0.05) is 6.61 Å². The van der Waals surface area contributed by atoms with Gasteiger partial charge in [0.2, 0.25) is 0 Å². The van der Waals surface area contributed by atoms with Crippen LogP contribution >= 0.6 is 11.8 Å². The summed E-state index contributed by atoms with van der Waals surface area (Å²) in [5, 5.41) is 12.1. The Morgan fingerprint density at radius 2 is 2.12 bits per heavy atom. The summed E-state index contributed by atoms with van der Waals surface area (Å²) in [6.07, 6.45) is 2.37. The van der Waals surface area contributed by atoms with Crippen molar-refractivity contribution in [2.75, 3.05) is 19.5 Å². The summed E-state index contributed by atoms with van der Waals surface area (Å²) in [7, 11) is 0. The average Bonchev–Trinajstić information content (AvgIpc) is 3.13. The molecule has 2 aromatic rings. The second kappa shape index (κ2) is 9.12. The fourth-order valence-electron chi connectivity index (χ4n) is 2.80. The number of carbonyl (C=O) groups excluding carboxylic acids is 1. The molecule has 1 fully saturated rings. The SMILES string of the molecule is CSCc1ccc(C(=O)N[C@@H]2CCOC[C@H]2Oc2ccc(CO)cc2)o1. The molecule has 2 atom stereocenters. The smallest absolute Gasteiger partial charge is 0.287 e. The molecule has 0 radical (unpaired) electrons. The van der Waals surface area contributed by atoms with Gasteiger partial charge in [-0.25, -0.2) is 0 Å². The van der Waals surface area contributed by atoms with Gasteiger partial charge in [-0.05, 0) is 42.5 Å². The molecule has 0 bridgehead atoms. The molecule has 6 nitrogen and oxygen atoms in total. The number of ether oxygens (including phenoxy) is 2. The first-order valence-electron chi connectivity index (χ1n) is 8.52. The van der Waals surface area contributed by atoms with Gasteiger partial charge in [-0.1, -0.05) is 12.1 Å². The highest BCUT2D eigenvalue weighted by Crippen LogP contribution is 2.20. The quantitative estimate of drug-likeness (QED) is 0.772. The molecule has 0 spiro atoms. The number of thioether (sulfide) groups is 1. The number of amides is 1. The maximum absolute atomic E-state index is 12.5. The Labute approximate surface area is 156 Å². The first-order chi connectivity index (χ1) is 12.7. The van der Waals surface area contributed by atoms with Crippen molar-refractivity contribution in [3.8, 4) is 5.75 Å². The Morgan fingerprint density at radius 3 is 2.85 bits per heavy atom. The number of hydrogen-bond acceptors (Lipinski definition) is 6. The van der Waals surface area contributed by atoms with E-state index >= 15 is 0 Å². The molecular weight excluding hydrogens is 354 g/mol. The second-order valence-electron chi connectivity index (χ2n) is 6.10. The highest BCUT2D eigenvalue weighted by atomic mass is 32.2. The van der Waals surface area contributed by atoms with E-state index in [4.69, 9.17) is 19.0 Å². The molecular formula is C19H23NO5S. The maximum Gasteiger partial charge on any atom is 0.287 e. The molecule has 1 amide bonds. The van der Waals surface area contributed by atoms with Crippen molar-refractivity contribution < 1.29 is 23.8 Å². The predicted octanol–water partition coefficient (Wildman–Crippen LogP) is 2.60. The fraction of sp³-hybridized carbons (Fsp3) is 0.421. The van der Waals surface area contributed by atoms with Crippen molar-refractivity contribution in [2.24, 2.45) is 0 Å². The van der Waals surface area contributed by atoms with Gasteiger partial charge < -0.3 is 24.3 Å². The third kappa shape index (κ3) is 4.81. The number of carbonyl (C=O) groups is 1. The molecule has 2 heterocycles. The first kappa shape index (κ1) is 18.8. The molecule has 0 aliphatic carbocycles. The van der Waals surface area contributed by atoms with Gasteiger partial charge in [-0.2, -0.15) is 11.8 Å². The Hall–Kier alpha value is -1.96. The van der Waals surface area contributed by atoms with Gasteiger partial charge in [-0.15, -0.1) is 0 Å². The van der Waals surface area contributed by atoms with E-state index in [0.717, 1.165) is 17.1 Å². The summed E-state index contributed by atoms with van der Waals surface area (Å²) >= 11 is 1.64. The van der Waals surface area contributed by atoms with E-state index in [2.05, 4.69) is 5.32 Å². The van der Waals surface area contributed by atoms with Crippen LogP contribution < -0.4 is 10.1 Å². The third-order valence-corrected chi connectivity index (χ3v) is 4.76. The highest BCUT2D eigenvalue weighted by molar-refractivity contribution is 7.97. The van der Waals surface area contributed by atoms with Crippen molar-refractivity contribution in [1.29, 1.82) is 0 Å². The minimum absolute atomic E-state index is 0.00677. The number of furan rings is 1. The second-order valence-corrected chi connectivity index (χ2v) is 6.97. The number of nitrogens with one attached hydrogen (secondary N) is 1. The lowest BCUT2D eigenvalue weighted by molar-refractivity contribution is -0.0137. The van der Waals surface area contributed by atoms with Crippen molar-refractivity contribution in [2.45, 2.75) is 30.9 Å². The minimum Gasteiger partial charge on any atom is -0.486 e. The monoisotopic (exact) mass is 377 g/mol. The number of aliphatic hydroxyl groups is 1. The average molecular weight is 377 g/mol. The molecule has 2 N–H and O–H groups in total. The van der Waals surface area contributed by atoms with E-state index in [9.17, 15) is 4.79 Å². The van der Waals surface area contributed by atoms with Crippen LogP contribution in [0.1, 0.15) is 28.3 Å². The van der Waals surface area contributed by atoms with E-state index in [0.29, 0.717) is 31.1 Å². The van der Waals surface area contributed by atoms with Gasteiger partial charge >= 0.3 is 0 Å². The molecule has 1 aliphatic heterocycles. The molecule has 1 aliphatic rings. The highest BCUT2D eigenvalue weighted by Gasteiger charge is 2.30. The Kier molecular flexibility index (Phi) is 6.60. The number of rotatable bonds is 7. The van der Waals surface area contributed by atoms with E-state index in [1.165, 1.54) is 0 Å². The van der Waals surface area contributed by atoms with Crippen LogP contribution in [-0.4, -0.2) is 42.6 Å². The van der Waals surface area contributed by atoms with Crippen molar-refractivity contribution in [1.82, 2.24) is 5.32 Å². The lowest BCUT2D eigenvalue weighted by atomic mass is 10.1. The standard InChI is InChI=1S/C19H23NO5S/c1-26-12-15-6-7-17(25-15)19(22)20-16-8-9-23-11-18(16)24-14-4-2-13(10-21)3-5-14/h2-7,16,18,21H,8-12H2,1H3,(H,20,22)/t16-,18-/m1/s1. The van der Waals surface area contributed by atoms with Crippen LogP contribution in [-0.2, 0) is 17.1 Å². The normalized spacial score (nSPS) is 19.9. The molecule has 1 aromatic carbocycles. The van der Waals surface area contributed by atoms with Crippen molar-refractivity contribution in [3.63, 3.8) is 0 Å². The Bertz CT molecular complexity index is 715. The van der Waals surface area contributed by atoms with Gasteiger partial charge in [0.05, 0.1) is 25.0 Å². The summed E-state index contributed by atoms with van der Waals surface area (Å²) in [4.78, 5) is 12.5. The summed E-state index contributed by atoms with van der Waals surface area (Å²) in [5.74, 6) is 2.27. The lowest BCUT2D eigenvalue weighted by Crippen LogP contribution is -2.51. The number of aliphatic hydroxyl groups excluding tert-OH is 1. The number of hydrogen-bond donors (Lipinski definition) is 2. The van der Waals surface area contributed by atoms with Gasteiger partial charge in [0.1, 0.15) is 17.6 Å². The van der Waals surface area contributed by atoms with Crippen LogP contribution in [0.25, 0.3) is 0 Å². The zero-order valence-electron chi connectivity index (χ0n) is 14.6. The zero-order chi connectivity index (χ0) is 18.4. The largest absolute Gasteiger partial charge is 0.486 e. The fourth-order valence-corrected chi connectivity index (χ4v) is 3.24. The zero-order valence-corrected chi connectivity index (χ0v) is 15.5. The molecule has 7 heteroatoms.